The van der Waals surface area contributed by atoms with E-state index in [0.717, 1.165) is 5.69 Å². The Bertz CT molecular complexity index is 447. The van der Waals surface area contributed by atoms with E-state index in [1.54, 1.807) is 4.90 Å². The molecule has 0 saturated carbocycles. The van der Waals surface area contributed by atoms with Gasteiger partial charge < -0.3 is 15.3 Å². The summed E-state index contributed by atoms with van der Waals surface area (Å²) in [6.45, 7) is 2.50. The molecule has 1 fully saturated rings. The number of benzene rings is 1. The number of hydrogen-bond donors (Lipinski definition) is 2. The molecule has 1 saturated heterocycles. The number of amides is 1. The zero-order chi connectivity index (χ0) is 13.1. The van der Waals surface area contributed by atoms with Crippen molar-refractivity contribution >= 4 is 17.6 Å². The summed E-state index contributed by atoms with van der Waals surface area (Å²) in [5, 5.41) is 11.8. The molecule has 2 rings (SSSR count). The highest BCUT2D eigenvalue weighted by Gasteiger charge is 2.33. The van der Waals surface area contributed by atoms with Gasteiger partial charge in [0.2, 0.25) is 5.91 Å². The van der Waals surface area contributed by atoms with Crippen molar-refractivity contribution in [1.82, 2.24) is 5.32 Å². The van der Waals surface area contributed by atoms with Crippen LogP contribution in [0.15, 0.2) is 30.3 Å². The number of nitrogens with one attached hydrogen (secondary N) is 1. The lowest BCUT2D eigenvalue weighted by Crippen LogP contribution is -2.59. The third-order valence-corrected chi connectivity index (χ3v) is 2.95. The largest absolute Gasteiger partial charge is 0.481 e. The van der Waals surface area contributed by atoms with Gasteiger partial charge in [-0.25, -0.2) is 0 Å². The number of carboxylic acids is 1. The van der Waals surface area contributed by atoms with Gasteiger partial charge in [0.15, 0.2) is 0 Å². The number of carboxylic acid groups (broad SMARTS) is 1. The van der Waals surface area contributed by atoms with Crippen LogP contribution in [0.4, 0.5) is 5.69 Å². The first-order valence-electron chi connectivity index (χ1n) is 5.92. The summed E-state index contributed by atoms with van der Waals surface area (Å²) in [5.74, 6) is -1.15. The van der Waals surface area contributed by atoms with Crippen LogP contribution in [-0.4, -0.2) is 35.6 Å². The van der Waals surface area contributed by atoms with Crippen LogP contribution in [0.25, 0.3) is 0 Å². The zero-order valence-electron chi connectivity index (χ0n) is 10.2. The maximum atomic E-state index is 12.2. The Hall–Kier alpha value is -1.88. The maximum Gasteiger partial charge on any atom is 0.305 e. The average Bonchev–Trinajstić information content (AvgIpc) is 2.34. The number of carbonyl (C=O) groups is 2. The van der Waals surface area contributed by atoms with Crippen LogP contribution in [0.1, 0.15) is 13.3 Å². The highest BCUT2D eigenvalue weighted by molar-refractivity contribution is 5.99. The van der Waals surface area contributed by atoms with Crippen molar-refractivity contribution in [2.45, 2.75) is 25.4 Å². The molecular weight excluding hydrogens is 232 g/mol. The fourth-order valence-corrected chi connectivity index (χ4v) is 2.18. The van der Waals surface area contributed by atoms with Gasteiger partial charge in [0.25, 0.3) is 0 Å². The molecule has 0 spiro atoms. The number of aliphatic carboxylic acids is 1. The number of piperazine rings is 1. The lowest BCUT2D eigenvalue weighted by molar-refractivity contribution is -0.140. The first-order chi connectivity index (χ1) is 8.58. The SMILES string of the molecule is CC1CN(c2ccccc2)C(=O)C(CC(=O)O)N1. The van der Waals surface area contributed by atoms with Crippen molar-refractivity contribution in [3.63, 3.8) is 0 Å². The Kier molecular flexibility index (Phi) is 3.62. The van der Waals surface area contributed by atoms with Gasteiger partial charge in [-0.15, -0.1) is 0 Å². The van der Waals surface area contributed by atoms with Crippen molar-refractivity contribution in [2.24, 2.45) is 0 Å². The molecule has 18 heavy (non-hydrogen) atoms. The molecule has 0 radical (unpaired) electrons. The zero-order valence-corrected chi connectivity index (χ0v) is 10.2. The molecule has 0 aromatic heterocycles. The Morgan fingerprint density at radius 3 is 2.72 bits per heavy atom. The fraction of sp³-hybridized carbons (Fsp3) is 0.385. The third kappa shape index (κ3) is 2.68. The first kappa shape index (κ1) is 12.6. The average molecular weight is 248 g/mol. The van der Waals surface area contributed by atoms with Crippen LogP contribution >= 0.6 is 0 Å². The summed E-state index contributed by atoms with van der Waals surface area (Å²) < 4.78 is 0. The van der Waals surface area contributed by atoms with Gasteiger partial charge in [0.05, 0.1) is 12.5 Å². The van der Waals surface area contributed by atoms with E-state index in [9.17, 15) is 9.59 Å². The summed E-state index contributed by atoms with van der Waals surface area (Å²) in [6, 6.07) is 8.75. The highest BCUT2D eigenvalue weighted by Crippen LogP contribution is 2.19. The fourth-order valence-electron chi connectivity index (χ4n) is 2.18. The van der Waals surface area contributed by atoms with Crippen molar-refractivity contribution in [3.8, 4) is 0 Å². The monoisotopic (exact) mass is 248 g/mol. The molecule has 1 heterocycles. The molecule has 1 aliphatic rings. The second-order valence-corrected chi connectivity index (χ2v) is 4.50. The molecular formula is C13H16N2O3. The van der Waals surface area contributed by atoms with E-state index in [4.69, 9.17) is 5.11 Å². The Labute approximate surface area is 105 Å². The summed E-state index contributed by atoms with van der Waals surface area (Å²) in [5.41, 5.74) is 0.811. The van der Waals surface area contributed by atoms with Gasteiger partial charge in [0.1, 0.15) is 0 Å². The van der Waals surface area contributed by atoms with E-state index in [0.29, 0.717) is 6.54 Å². The van der Waals surface area contributed by atoms with Crippen LogP contribution in [0.5, 0.6) is 0 Å². The number of rotatable bonds is 3. The van der Waals surface area contributed by atoms with E-state index in [2.05, 4.69) is 5.32 Å². The van der Waals surface area contributed by atoms with Crippen molar-refractivity contribution in [3.05, 3.63) is 30.3 Å². The molecule has 1 aromatic rings. The van der Waals surface area contributed by atoms with E-state index in [-0.39, 0.29) is 18.4 Å². The number of carbonyl (C=O) groups excluding carboxylic acids is 1. The molecule has 0 bridgehead atoms. The predicted octanol–water partition coefficient (Wildman–Crippen LogP) is 0.855. The molecule has 2 N–H and O–H groups in total. The lowest BCUT2D eigenvalue weighted by atomic mass is 10.1. The van der Waals surface area contributed by atoms with Gasteiger partial charge in [-0.05, 0) is 19.1 Å². The molecule has 5 nitrogen and oxygen atoms in total. The molecule has 2 atom stereocenters. The number of anilines is 1. The summed E-state index contributed by atoms with van der Waals surface area (Å²) in [7, 11) is 0. The minimum Gasteiger partial charge on any atom is -0.481 e. The van der Waals surface area contributed by atoms with Gasteiger partial charge in [-0.1, -0.05) is 18.2 Å². The normalized spacial score (nSPS) is 24.1. The molecule has 1 amide bonds. The van der Waals surface area contributed by atoms with Crippen LogP contribution < -0.4 is 10.2 Å². The van der Waals surface area contributed by atoms with E-state index >= 15 is 0 Å². The second kappa shape index (κ2) is 5.18. The highest BCUT2D eigenvalue weighted by atomic mass is 16.4. The van der Waals surface area contributed by atoms with Gasteiger partial charge in [-0.3, -0.25) is 9.59 Å². The molecule has 1 aliphatic heterocycles. The topological polar surface area (TPSA) is 69.6 Å². The summed E-state index contributed by atoms with van der Waals surface area (Å²) in [4.78, 5) is 24.6. The van der Waals surface area contributed by atoms with Gasteiger partial charge in [0, 0.05) is 18.3 Å². The second-order valence-electron chi connectivity index (χ2n) is 4.50. The van der Waals surface area contributed by atoms with Crippen LogP contribution in [-0.2, 0) is 9.59 Å². The molecule has 5 heteroatoms. The van der Waals surface area contributed by atoms with Crippen molar-refractivity contribution in [1.29, 1.82) is 0 Å². The minimum absolute atomic E-state index is 0.0762. The van der Waals surface area contributed by atoms with E-state index in [1.807, 2.05) is 37.3 Å². The van der Waals surface area contributed by atoms with Crippen LogP contribution in [0, 0.1) is 0 Å². The van der Waals surface area contributed by atoms with Crippen molar-refractivity contribution < 1.29 is 14.7 Å². The smallest absolute Gasteiger partial charge is 0.305 e. The van der Waals surface area contributed by atoms with Crippen molar-refractivity contribution in [2.75, 3.05) is 11.4 Å². The van der Waals surface area contributed by atoms with Gasteiger partial charge >= 0.3 is 5.97 Å². The van der Waals surface area contributed by atoms with E-state index < -0.39 is 12.0 Å². The lowest BCUT2D eigenvalue weighted by Gasteiger charge is -2.36. The van der Waals surface area contributed by atoms with E-state index in [1.165, 1.54) is 0 Å². The summed E-state index contributed by atoms with van der Waals surface area (Å²) >= 11 is 0. The first-order valence-corrected chi connectivity index (χ1v) is 5.92. The maximum absolute atomic E-state index is 12.2. The van der Waals surface area contributed by atoms with Crippen LogP contribution in [0.3, 0.4) is 0 Å². The Balaban J connectivity index is 2.20. The number of para-hydroxylation sites is 1. The van der Waals surface area contributed by atoms with Crippen LogP contribution in [0.2, 0.25) is 0 Å². The Morgan fingerprint density at radius 2 is 2.11 bits per heavy atom. The minimum atomic E-state index is -0.969. The Morgan fingerprint density at radius 1 is 1.44 bits per heavy atom. The quantitative estimate of drug-likeness (QED) is 0.832. The molecule has 96 valence electrons. The number of nitrogens with zero attached hydrogens (tertiary/aromatic N) is 1. The van der Waals surface area contributed by atoms with Gasteiger partial charge in [-0.2, -0.15) is 0 Å². The summed E-state index contributed by atoms with van der Waals surface area (Å²) in [6.07, 6.45) is -0.188. The standard InChI is InChI=1S/C13H16N2O3/c1-9-8-15(10-5-3-2-4-6-10)13(18)11(14-9)7-12(16)17/h2-6,9,11,14H,7-8H2,1H3,(H,16,17). The number of hydrogen-bond acceptors (Lipinski definition) is 3. The molecule has 2 unspecified atom stereocenters. The third-order valence-electron chi connectivity index (χ3n) is 2.95. The molecule has 0 aliphatic carbocycles. The predicted molar refractivity (Wildman–Crippen MR) is 67.4 cm³/mol. The molecule has 1 aromatic carbocycles.